The highest BCUT2D eigenvalue weighted by molar-refractivity contribution is 5.87. The zero-order chi connectivity index (χ0) is 17.9. The van der Waals surface area contributed by atoms with E-state index in [4.69, 9.17) is 0 Å². The average molecular weight is 345 g/mol. The summed E-state index contributed by atoms with van der Waals surface area (Å²) in [6.45, 7) is 8.08. The molecule has 0 saturated carbocycles. The molecule has 2 unspecified atom stereocenters. The van der Waals surface area contributed by atoms with E-state index in [0.717, 1.165) is 13.1 Å². The van der Waals surface area contributed by atoms with Gasteiger partial charge < -0.3 is 9.47 Å². The van der Waals surface area contributed by atoms with Crippen molar-refractivity contribution >= 4 is 10.9 Å². The monoisotopic (exact) mass is 344 g/mol. The molecule has 0 N–H and O–H groups in total. The van der Waals surface area contributed by atoms with E-state index >= 15 is 0 Å². The maximum Gasteiger partial charge on any atom is 0.0486 e. The number of aromatic nitrogens is 1. The van der Waals surface area contributed by atoms with Gasteiger partial charge in [-0.2, -0.15) is 0 Å². The number of aryl methyl sites for hydroxylation is 2. The highest BCUT2D eigenvalue weighted by atomic mass is 15.1. The lowest BCUT2D eigenvalue weighted by atomic mass is 9.72. The number of hydrogen-bond acceptors (Lipinski definition) is 1. The number of nitrogens with zero attached hydrogens (tertiary/aromatic N) is 2. The summed E-state index contributed by atoms with van der Waals surface area (Å²) in [5.74, 6) is 0.615. The first-order valence-corrected chi connectivity index (χ1v) is 9.91. The van der Waals surface area contributed by atoms with E-state index in [0.29, 0.717) is 5.92 Å². The summed E-state index contributed by atoms with van der Waals surface area (Å²) in [4.78, 5) is 2.52. The van der Waals surface area contributed by atoms with Crippen molar-refractivity contribution in [1.82, 2.24) is 9.47 Å². The van der Waals surface area contributed by atoms with E-state index in [9.17, 15) is 0 Å². The number of fused-ring (bicyclic) bond motifs is 3. The lowest BCUT2D eigenvalue weighted by Crippen LogP contribution is -2.33. The van der Waals surface area contributed by atoms with E-state index in [2.05, 4.69) is 78.9 Å². The van der Waals surface area contributed by atoms with Crippen LogP contribution in [0.25, 0.3) is 10.9 Å². The molecule has 1 aromatic heterocycles. The number of likely N-dealkylation sites (N-methyl/N-ethyl adjacent to an activating group) is 1. The molecule has 2 aliphatic heterocycles. The quantitative estimate of drug-likeness (QED) is 0.587. The largest absolute Gasteiger partial charge is 0.344 e. The molecule has 2 aromatic carbocycles. The lowest BCUT2D eigenvalue weighted by Gasteiger charge is -2.36. The summed E-state index contributed by atoms with van der Waals surface area (Å²) in [6.07, 6.45) is 2.45. The van der Waals surface area contributed by atoms with Crippen molar-refractivity contribution in [2.75, 3.05) is 13.6 Å². The standard InChI is InChI=1S/C24H28N2/c1-17-9-10-22-20(13-17)21-16-25(3)15-18-14-24(2,11-12-26(22)23(18)21)19-7-5-4-6-8-19/h4-10,13,18H,11-12,14-16H2,1-3H3. The topological polar surface area (TPSA) is 8.17 Å². The van der Waals surface area contributed by atoms with Gasteiger partial charge in [-0.25, -0.2) is 0 Å². The summed E-state index contributed by atoms with van der Waals surface area (Å²) in [6, 6.07) is 18.2. The second kappa shape index (κ2) is 5.72. The molecular formula is C24H28N2. The molecule has 5 rings (SSSR count). The molecule has 0 radical (unpaired) electrons. The van der Waals surface area contributed by atoms with Crippen molar-refractivity contribution in [2.45, 2.75) is 51.1 Å². The first-order chi connectivity index (χ1) is 12.5. The molecule has 3 aromatic rings. The Hall–Kier alpha value is -2.06. The van der Waals surface area contributed by atoms with Gasteiger partial charge in [0.15, 0.2) is 0 Å². The maximum absolute atomic E-state index is 2.66. The molecule has 0 spiro atoms. The Morgan fingerprint density at radius 3 is 2.69 bits per heavy atom. The third kappa shape index (κ3) is 2.35. The van der Waals surface area contributed by atoms with Crippen LogP contribution in [0.15, 0.2) is 48.5 Å². The van der Waals surface area contributed by atoms with Crippen LogP contribution in [0.4, 0.5) is 0 Å². The minimum absolute atomic E-state index is 0.247. The van der Waals surface area contributed by atoms with Gasteiger partial charge in [0.1, 0.15) is 0 Å². The summed E-state index contributed by atoms with van der Waals surface area (Å²) in [5, 5.41) is 1.49. The molecule has 0 aliphatic carbocycles. The third-order valence-electron chi connectivity index (χ3n) is 6.77. The summed E-state index contributed by atoms with van der Waals surface area (Å²) < 4.78 is 2.66. The minimum Gasteiger partial charge on any atom is -0.344 e. The summed E-state index contributed by atoms with van der Waals surface area (Å²) >= 11 is 0. The molecule has 26 heavy (non-hydrogen) atoms. The number of hydrogen-bond donors (Lipinski definition) is 0. The zero-order valence-electron chi connectivity index (χ0n) is 16.1. The van der Waals surface area contributed by atoms with Gasteiger partial charge in [-0.1, -0.05) is 48.9 Å². The van der Waals surface area contributed by atoms with Crippen molar-refractivity contribution in [2.24, 2.45) is 0 Å². The smallest absolute Gasteiger partial charge is 0.0486 e. The second-order valence-corrected chi connectivity index (χ2v) is 8.81. The summed E-state index contributed by atoms with van der Waals surface area (Å²) in [5.41, 5.74) is 7.77. The Morgan fingerprint density at radius 1 is 1.08 bits per heavy atom. The first kappa shape index (κ1) is 16.1. The van der Waals surface area contributed by atoms with Crippen LogP contribution in [-0.4, -0.2) is 23.1 Å². The SMILES string of the molecule is Cc1ccc2c(c1)c1c3n2CCC(C)(c2ccccc2)CC3CN(C)C1. The van der Waals surface area contributed by atoms with E-state index in [1.807, 2.05) is 0 Å². The van der Waals surface area contributed by atoms with E-state index in [-0.39, 0.29) is 5.41 Å². The highest BCUT2D eigenvalue weighted by Crippen LogP contribution is 2.46. The van der Waals surface area contributed by atoms with Crippen molar-refractivity contribution in [3.63, 3.8) is 0 Å². The lowest BCUT2D eigenvalue weighted by molar-refractivity contribution is 0.252. The third-order valence-corrected chi connectivity index (χ3v) is 6.77. The number of rotatable bonds is 1. The van der Waals surface area contributed by atoms with Crippen LogP contribution < -0.4 is 0 Å². The molecule has 2 heteroatoms. The highest BCUT2D eigenvalue weighted by Gasteiger charge is 2.39. The molecule has 0 bridgehead atoms. The molecule has 0 amide bonds. The molecule has 134 valence electrons. The Bertz CT molecular complexity index is 969. The molecule has 2 nitrogen and oxygen atoms in total. The van der Waals surface area contributed by atoms with Gasteiger partial charge in [0, 0.05) is 42.1 Å². The molecular weight excluding hydrogens is 316 g/mol. The van der Waals surface area contributed by atoms with Crippen molar-refractivity contribution in [1.29, 1.82) is 0 Å². The second-order valence-electron chi connectivity index (χ2n) is 8.81. The van der Waals surface area contributed by atoms with Crippen LogP contribution >= 0.6 is 0 Å². The van der Waals surface area contributed by atoms with Crippen LogP contribution in [0.1, 0.15) is 48.1 Å². The predicted octanol–water partition coefficient (Wildman–Crippen LogP) is 5.23. The maximum atomic E-state index is 2.66. The Morgan fingerprint density at radius 2 is 1.88 bits per heavy atom. The van der Waals surface area contributed by atoms with Gasteiger partial charge in [-0.3, -0.25) is 0 Å². The summed E-state index contributed by atoms with van der Waals surface area (Å²) in [7, 11) is 2.28. The van der Waals surface area contributed by atoms with Gasteiger partial charge in [-0.15, -0.1) is 0 Å². The minimum atomic E-state index is 0.247. The normalized spacial score (nSPS) is 25.9. The van der Waals surface area contributed by atoms with Gasteiger partial charge >= 0.3 is 0 Å². The van der Waals surface area contributed by atoms with Gasteiger partial charge in [0.05, 0.1) is 0 Å². The molecule has 0 fully saturated rings. The van der Waals surface area contributed by atoms with Gasteiger partial charge in [0.2, 0.25) is 0 Å². The van der Waals surface area contributed by atoms with Crippen LogP contribution in [0.2, 0.25) is 0 Å². The molecule has 3 heterocycles. The van der Waals surface area contributed by atoms with Crippen molar-refractivity contribution in [3.8, 4) is 0 Å². The van der Waals surface area contributed by atoms with Crippen LogP contribution in [0, 0.1) is 6.92 Å². The molecule has 2 aliphatic rings. The van der Waals surface area contributed by atoms with Crippen LogP contribution in [0.3, 0.4) is 0 Å². The Balaban J connectivity index is 1.68. The average Bonchev–Trinajstić information content (AvgIpc) is 2.84. The fourth-order valence-electron chi connectivity index (χ4n) is 5.50. The van der Waals surface area contributed by atoms with Crippen molar-refractivity contribution < 1.29 is 0 Å². The van der Waals surface area contributed by atoms with Crippen LogP contribution in [-0.2, 0) is 18.5 Å². The first-order valence-electron chi connectivity index (χ1n) is 9.91. The van der Waals surface area contributed by atoms with E-state index < -0.39 is 0 Å². The fraction of sp³-hybridized carbons (Fsp3) is 0.417. The van der Waals surface area contributed by atoms with Crippen LogP contribution in [0.5, 0.6) is 0 Å². The zero-order valence-corrected chi connectivity index (χ0v) is 16.1. The van der Waals surface area contributed by atoms with Gasteiger partial charge in [-0.05, 0) is 55.5 Å². The van der Waals surface area contributed by atoms with E-state index in [1.165, 1.54) is 41.4 Å². The van der Waals surface area contributed by atoms with E-state index in [1.54, 1.807) is 11.3 Å². The fourth-order valence-corrected chi connectivity index (χ4v) is 5.50. The van der Waals surface area contributed by atoms with Crippen molar-refractivity contribution in [3.05, 3.63) is 70.9 Å². The predicted molar refractivity (Wildman–Crippen MR) is 109 cm³/mol. The Labute approximate surface area is 156 Å². The van der Waals surface area contributed by atoms with Gasteiger partial charge in [0.25, 0.3) is 0 Å². The molecule has 0 saturated heterocycles. The number of benzene rings is 2. The molecule has 2 atom stereocenters. The Kier molecular flexibility index (Phi) is 3.55.